The summed E-state index contributed by atoms with van der Waals surface area (Å²) in [7, 11) is 1.99. The van der Waals surface area contributed by atoms with Crippen molar-refractivity contribution in [1.82, 2.24) is 14.9 Å². The highest BCUT2D eigenvalue weighted by Crippen LogP contribution is 2.25. The molecule has 1 aliphatic rings. The topological polar surface area (TPSA) is 29.9 Å². The van der Waals surface area contributed by atoms with Crippen molar-refractivity contribution in [1.29, 1.82) is 0 Å². The number of hydrogen-bond acceptors (Lipinski definition) is 2. The van der Waals surface area contributed by atoms with Crippen LogP contribution in [-0.4, -0.2) is 16.1 Å². The molecule has 1 fully saturated rings. The Morgan fingerprint density at radius 1 is 1.50 bits per heavy atom. The maximum Gasteiger partial charge on any atom is 0.126 e. The standard InChI is InChI=1S/C12H14FN3/c1-16-11-5-4-8(13)7-10(11)15-12(16)9-3-2-6-14-9/h4-5,7,9,14H,2-3,6H2,1H3. The van der Waals surface area contributed by atoms with Crippen molar-refractivity contribution >= 4 is 11.0 Å². The summed E-state index contributed by atoms with van der Waals surface area (Å²) in [5, 5.41) is 3.41. The molecule has 0 amide bonds. The quantitative estimate of drug-likeness (QED) is 0.796. The average molecular weight is 219 g/mol. The molecule has 0 saturated carbocycles. The largest absolute Gasteiger partial charge is 0.330 e. The van der Waals surface area contributed by atoms with E-state index in [4.69, 9.17) is 0 Å². The molecule has 0 bridgehead atoms. The number of halogens is 1. The van der Waals surface area contributed by atoms with E-state index < -0.39 is 0 Å². The molecule has 1 unspecified atom stereocenters. The third-order valence-electron chi connectivity index (χ3n) is 3.25. The fourth-order valence-electron chi connectivity index (χ4n) is 2.41. The van der Waals surface area contributed by atoms with Crippen LogP contribution in [-0.2, 0) is 7.05 Å². The number of imidazole rings is 1. The van der Waals surface area contributed by atoms with Crippen LogP contribution in [0.15, 0.2) is 18.2 Å². The van der Waals surface area contributed by atoms with Crippen LogP contribution >= 0.6 is 0 Å². The maximum absolute atomic E-state index is 13.1. The first-order valence-corrected chi connectivity index (χ1v) is 5.61. The molecule has 2 aromatic rings. The molecule has 0 aliphatic carbocycles. The normalized spacial score (nSPS) is 20.8. The van der Waals surface area contributed by atoms with E-state index in [0.29, 0.717) is 6.04 Å². The van der Waals surface area contributed by atoms with Crippen LogP contribution in [0.5, 0.6) is 0 Å². The highest BCUT2D eigenvalue weighted by Gasteiger charge is 2.21. The second-order valence-electron chi connectivity index (χ2n) is 4.31. The lowest BCUT2D eigenvalue weighted by Crippen LogP contribution is -2.16. The first-order valence-electron chi connectivity index (χ1n) is 5.61. The number of hydrogen-bond donors (Lipinski definition) is 1. The van der Waals surface area contributed by atoms with Gasteiger partial charge in [-0.1, -0.05) is 0 Å². The Morgan fingerprint density at radius 3 is 3.12 bits per heavy atom. The van der Waals surface area contributed by atoms with E-state index in [9.17, 15) is 4.39 Å². The second-order valence-corrected chi connectivity index (χ2v) is 4.31. The predicted octanol–water partition coefficient (Wildman–Crippen LogP) is 2.14. The fourth-order valence-corrected chi connectivity index (χ4v) is 2.41. The predicted molar refractivity (Wildman–Crippen MR) is 60.6 cm³/mol. The molecule has 4 heteroatoms. The van der Waals surface area contributed by atoms with Crippen molar-refractivity contribution < 1.29 is 4.39 Å². The highest BCUT2D eigenvalue weighted by atomic mass is 19.1. The van der Waals surface area contributed by atoms with Crippen molar-refractivity contribution in [3.63, 3.8) is 0 Å². The van der Waals surface area contributed by atoms with Crippen molar-refractivity contribution in [2.45, 2.75) is 18.9 Å². The Labute approximate surface area is 93.3 Å². The van der Waals surface area contributed by atoms with Gasteiger partial charge in [0.05, 0.1) is 17.1 Å². The summed E-state index contributed by atoms with van der Waals surface area (Å²) >= 11 is 0. The summed E-state index contributed by atoms with van der Waals surface area (Å²) in [6.45, 7) is 1.04. The van der Waals surface area contributed by atoms with E-state index in [2.05, 4.69) is 14.9 Å². The number of nitrogens with zero attached hydrogens (tertiary/aromatic N) is 2. The molecule has 16 heavy (non-hydrogen) atoms. The summed E-state index contributed by atoms with van der Waals surface area (Å²) < 4.78 is 15.1. The van der Waals surface area contributed by atoms with Gasteiger partial charge in [-0.2, -0.15) is 0 Å². The van der Waals surface area contributed by atoms with Gasteiger partial charge in [0.2, 0.25) is 0 Å². The zero-order valence-electron chi connectivity index (χ0n) is 9.20. The average Bonchev–Trinajstić information content (AvgIpc) is 2.86. The van der Waals surface area contributed by atoms with Gasteiger partial charge >= 0.3 is 0 Å². The van der Waals surface area contributed by atoms with E-state index >= 15 is 0 Å². The Hall–Kier alpha value is -1.42. The molecule has 0 spiro atoms. The molecular weight excluding hydrogens is 205 g/mol. The molecule has 1 aromatic carbocycles. The minimum absolute atomic E-state index is 0.225. The summed E-state index contributed by atoms with van der Waals surface area (Å²) in [5.41, 5.74) is 1.73. The van der Waals surface area contributed by atoms with E-state index in [1.54, 1.807) is 6.07 Å². The fraction of sp³-hybridized carbons (Fsp3) is 0.417. The molecular formula is C12H14FN3. The lowest BCUT2D eigenvalue weighted by Gasteiger charge is -2.09. The summed E-state index contributed by atoms with van der Waals surface area (Å²) in [6.07, 6.45) is 2.29. The molecule has 1 saturated heterocycles. The van der Waals surface area contributed by atoms with Gasteiger partial charge in [-0.15, -0.1) is 0 Å². The smallest absolute Gasteiger partial charge is 0.126 e. The number of aryl methyl sites for hydroxylation is 1. The van der Waals surface area contributed by atoms with Crippen LogP contribution in [0.4, 0.5) is 4.39 Å². The highest BCUT2D eigenvalue weighted by molar-refractivity contribution is 5.76. The molecule has 1 N–H and O–H groups in total. The lowest BCUT2D eigenvalue weighted by atomic mass is 10.2. The molecule has 1 aliphatic heterocycles. The van der Waals surface area contributed by atoms with E-state index in [-0.39, 0.29) is 5.82 Å². The maximum atomic E-state index is 13.1. The third-order valence-corrected chi connectivity index (χ3v) is 3.25. The van der Waals surface area contributed by atoms with Crippen LogP contribution in [0.25, 0.3) is 11.0 Å². The van der Waals surface area contributed by atoms with Crippen LogP contribution in [0.1, 0.15) is 24.7 Å². The minimum Gasteiger partial charge on any atom is -0.330 e. The number of benzene rings is 1. The molecule has 1 atom stereocenters. The molecule has 1 aromatic heterocycles. The second kappa shape index (κ2) is 3.56. The Balaban J connectivity index is 2.14. The van der Waals surface area contributed by atoms with Gasteiger partial charge in [0.15, 0.2) is 0 Å². The van der Waals surface area contributed by atoms with E-state index in [1.807, 2.05) is 7.05 Å². The number of nitrogens with one attached hydrogen (secondary N) is 1. The lowest BCUT2D eigenvalue weighted by molar-refractivity contribution is 0.584. The summed E-state index contributed by atoms with van der Waals surface area (Å²) in [5.74, 6) is 0.787. The zero-order valence-corrected chi connectivity index (χ0v) is 9.20. The third kappa shape index (κ3) is 1.41. The molecule has 84 valence electrons. The van der Waals surface area contributed by atoms with Gasteiger partial charge in [0.25, 0.3) is 0 Å². The van der Waals surface area contributed by atoms with E-state index in [0.717, 1.165) is 29.8 Å². The molecule has 3 nitrogen and oxygen atoms in total. The Morgan fingerprint density at radius 2 is 2.38 bits per heavy atom. The van der Waals surface area contributed by atoms with Gasteiger partial charge in [-0.25, -0.2) is 9.37 Å². The number of fused-ring (bicyclic) bond motifs is 1. The van der Waals surface area contributed by atoms with Crippen LogP contribution in [0.2, 0.25) is 0 Å². The van der Waals surface area contributed by atoms with Crippen molar-refractivity contribution in [3.05, 3.63) is 29.8 Å². The van der Waals surface area contributed by atoms with E-state index in [1.165, 1.54) is 18.6 Å². The van der Waals surface area contributed by atoms with Gasteiger partial charge in [-0.05, 0) is 31.5 Å². The molecule has 0 radical (unpaired) electrons. The van der Waals surface area contributed by atoms with Crippen LogP contribution in [0, 0.1) is 5.82 Å². The van der Waals surface area contributed by atoms with Crippen LogP contribution < -0.4 is 5.32 Å². The molecule has 2 heterocycles. The minimum atomic E-state index is -0.225. The first-order chi connectivity index (χ1) is 7.75. The zero-order chi connectivity index (χ0) is 11.1. The molecule has 3 rings (SSSR count). The summed E-state index contributed by atoms with van der Waals surface area (Å²) in [4.78, 5) is 4.52. The first kappa shape index (κ1) is 9.78. The summed E-state index contributed by atoms with van der Waals surface area (Å²) in [6, 6.07) is 5.08. The van der Waals surface area contributed by atoms with Crippen LogP contribution in [0.3, 0.4) is 0 Å². The van der Waals surface area contributed by atoms with Crippen molar-refractivity contribution in [3.8, 4) is 0 Å². The number of rotatable bonds is 1. The monoisotopic (exact) mass is 219 g/mol. The van der Waals surface area contributed by atoms with Gasteiger partial charge in [0.1, 0.15) is 11.6 Å². The Kier molecular flexibility index (Phi) is 2.17. The van der Waals surface area contributed by atoms with Gasteiger partial charge in [-0.3, -0.25) is 0 Å². The number of aromatic nitrogens is 2. The Bertz CT molecular complexity index is 526. The van der Waals surface area contributed by atoms with Gasteiger partial charge in [0, 0.05) is 13.1 Å². The van der Waals surface area contributed by atoms with Crippen molar-refractivity contribution in [2.24, 2.45) is 7.05 Å². The SMILES string of the molecule is Cn1c(C2CCCN2)nc2cc(F)ccc21. The van der Waals surface area contributed by atoms with Gasteiger partial charge < -0.3 is 9.88 Å². The van der Waals surface area contributed by atoms with Crippen molar-refractivity contribution in [2.75, 3.05) is 6.54 Å².